The van der Waals surface area contributed by atoms with E-state index < -0.39 is 4.92 Å². The molecule has 0 fully saturated rings. The monoisotopic (exact) mass is 277 g/mol. The fourth-order valence-electron chi connectivity index (χ4n) is 1.65. The molecule has 0 atom stereocenters. The van der Waals surface area contributed by atoms with E-state index in [9.17, 15) is 14.5 Å². The molecule has 0 saturated carbocycles. The normalized spacial score (nSPS) is 10.1. The summed E-state index contributed by atoms with van der Waals surface area (Å²) in [4.78, 5) is 14.3. The topological polar surface area (TPSA) is 77.3 Å². The highest BCUT2D eigenvalue weighted by Crippen LogP contribution is 2.25. The van der Waals surface area contributed by atoms with Crippen molar-refractivity contribution in [3.05, 3.63) is 57.9 Å². The maximum Gasteiger partial charge on any atom is 0.311 e. The molecular formula is C13H12FN3O3. The molecule has 0 bridgehead atoms. The number of anilines is 1. The Morgan fingerprint density at radius 1 is 1.35 bits per heavy atom. The first-order valence-electron chi connectivity index (χ1n) is 5.78. The lowest BCUT2D eigenvalue weighted by atomic mass is 10.2. The van der Waals surface area contributed by atoms with Crippen molar-refractivity contribution in [3.63, 3.8) is 0 Å². The molecule has 0 aliphatic heterocycles. The van der Waals surface area contributed by atoms with Crippen LogP contribution in [0.2, 0.25) is 0 Å². The predicted octanol–water partition coefficient (Wildman–Crippen LogP) is 2.75. The number of halogens is 1. The summed E-state index contributed by atoms with van der Waals surface area (Å²) in [5, 5.41) is 13.7. The number of rotatable bonds is 5. The summed E-state index contributed by atoms with van der Waals surface area (Å²) in [6.07, 6.45) is 0. The number of hydrogen-bond acceptors (Lipinski definition) is 5. The third-order valence-corrected chi connectivity index (χ3v) is 2.66. The van der Waals surface area contributed by atoms with Gasteiger partial charge in [-0.1, -0.05) is 18.2 Å². The van der Waals surface area contributed by atoms with Crippen molar-refractivity contribution in [2.24, 2.45) is 0 Å². The Labute approximate surface area is 114 Å². The summed E-state index contributed by atoms with van der Waals surface area (Å²) in [7, 11) is 1.41. The Morgan fingerprint density at radius 3 is 2.75 bits per heavy atom. The van der Waals surface area contributed by atoms with Crippen molar-refractivity contribution in [1.29, 1.82) is 0 Å². The number of hydrogen-bond donors (Lipinski definition) is 1. The minimum atomic E-state index is -0.559. The van der Waals surface area contributed by atoms with E-state index in [2.05, 4.69) is 10.3 Å². The SMILES string of the molecule is COc1ccc([N+](=O)[O-])c(NCc2ccccc2F)n1. The van der Waals surface area contributed by atoms with Crippen molar-refractivity contribution in [2.45, 2.75) is 6.54 Å². The van der Waals surface area contributed by atoms with Gasteiger partial charge in [-0.25, -0.2) is 4.39 Å². The van der Waals surface area contributed by atoms with Crippen LogP contribution >= 0.6 is 0 Å². The van der Waals surface area contributed by atoms with E-state index in [1.807, 2.05) is 0 Å². The summed E-state index contributed by atoms with van der Waals surface area (Å²) in [6.45, 7) is 0.0910. The van der Waals surface area contributed by atoms with Crippen molar-refractivity contribution in [3.8, 4) is 5.88 Å². The second-order valence-electron chi connectivity index (χ2n) is 3.92. The van der Waals surface area contributed by atoms with Gasteiger partial charge in [0.05, 0.1) is 12.0 Å². The Bertz CT molecular complexity index is 634. The molecule has 0 unspecified atom stereocenters. The first kappa shape index (κ1) is 13.7. The van der Waals surface area contributed by atoms with E-state index in [0.29, 0.717) is 5.56 Å². The summed E-state index contributed by atoms with van der Waals surface area (Å²) in [6, 6.07) is 8.86. The van der Waals surface area contributed by atoms with Gasteiger partial charge in [0, 0.05) is 24.2 Å². The average Bonchev–Trinajstić information content (AvgIpc) is 2.46. The highest BCUT2D eigenvalue weighted by atomic mass is 19.1. The Morgan fingerprint density at radius 2 is 2.10 bits per heavy atom. The van der Waals surface area contributed by atoms with E-state index in [4.69, 9.17) is 4.74 Å². The van der Waals surface area contributed by atoms with Crippen molar-refractivity contribution < 1.29 is 14.1 Å². The first-order valence-corrected chi connectivity index (χ1v) is 5.78. The molecule has 1 N–H and O–H groups in total. The molecule has 2 rings (SSSR count). The van der Waals surface area contributed by atoms with Crippen LogP contribution in [0, 0.1) is 15.9 Å². The summed E-state index contributed by atoms with van der Waals surface area (Å²) in [5.41, 5.74) is 0.202. The average molecular weight is 277 g/mol. The smallest absolute Gasteiger partial charge is 0.311 e. The van der Waals surface area contributed by atoms with Gasteiger partial charge < -0.3 is 10.1 Å². The van der Waals surface area contributed by atoms with Crippen molar-refractivity contribution in [2.75, 3.05) is 12.4 Å². The van der Waals surface area contributed by atoms with Gasteiger partial charge in [0.2, 0.25) is 11.7 Å². The van der Waals surface area contributed by atoms with Crippen LogP contribution < -0.4 is 10.1 Å². The zero-order valence-electron chi connectivity index (χ0n) is 10.7. The first-order chi connectivity index (χ1) is 9.61. The Balaban J connectivity index is 2.24. The van der Waals surface area contributed by atoms with Crippen molar-refractivity contribution >= 4 is 11.5 Å². The van der Waals surface area contributed by atoms with E-state index in [0.717, 1.165) is 0 Å². The Kier molecular flexibility index (Phi) is 4.09. The lowest BCUT2D eigenvalue weighted by molar-refractivity contribution is -0.384. The number of benzene rings is 1. The molecule has 104 valence electrons. The molecule has 0 spiro atoms. The van der Waals surface area contributed by atoms with Crippen LogP contribution in [0.15, 0.2) is 36.4 Å². The molecular weight excluding hydrogens is 265 g/mol. The number of methoxy groups -OCH3 is 1. The maximum atomic E-state index is 13.5. The second-order valence-corrected chi connectivity index (χ2v) is 3.92. The number of nitrogens with one attached hydrogen (secondary N) is 1. The van der Waals surface area contributed by atoms with Gasteiger partial charge in [-0.05, 0) is 6.07 Å². The standard InChI is InChI=1S/C13H12FN3O3/c1-20-12-7-6-11(17(18)19)13(16-12)15-8-9-4-2-3-5-10(9)14/h2-7H,8H2,1H3,(H,15,16). The number of ether oxygens (including phenoxy) is 1. The molecule has 7 heteroatoms. The molecule has 0 aliphatic rings. The molecule has 0 saturated heterocycles. The molecule has 2 aromatic rings. The van der Waals surface area contributed by atoms with Gasteiger partial charge in [-0.15, -0.1) is 0 Å². The largest absolute Gasteiger partial charge is 0.481 e. The van der Waals surface area contributed by atoms with E-state index in [1.54, 1.807) is 18.2 Å². The molecule has 1 aromatic heterocycles. The molecule has 20 heavy (non-hydrogen) atoms. The molecule has 1 aromatic carbocycles. The zero-order valence-corrected chi connectivity index (χ0v) is 10.7. The highest BCUT2D eigenvalue weighted by Gasteiger charge is 2.16. The van der Waals surface area contributed by atoms with E-state index in [-0.39, 0.29) is 29.7 Å². The van der Waals surface area contributed by atoms with Gasteiger partial charge >= 0.3 is 5.69 Å². The summed E-state index contributed by atoms with van der Waals surface area (Å²) >= 11 is 0. The number of nitro groups is 1. The van der Waals surface area contributed by atoms with Crippen LogP contribution in [0.3, 0.4) is 0 Å². The highest BCUT2D eigenvalue weighted by molar-refractivity contribution is 5.57. The second kappa shape index (κ2) is 5.96. The number of aromatic nitrogens is 1. The van der Waals surface area contributed by atoms with Crippen LogP contribution in [0.25, 0.3) is 0 Å². The van der Waals surface area contributed by atoms with Crippen LogP contribution in [0.4, 0.5) is 15.9 Å². The molecule has 0 radical (unpaired) electrons. The van der Waals surface area contributed by atoms with Gasteiger partial charge in [-0.3, -0.25) is 10.1 Å². The van der Waals surface area contributed by atoms with Crippen molar-refractivity contribution in [1.82, 2.24) is 4.98 Å². The van der Waals surface area contributed by atoms with Gasteiger partial charge in [0.25, 0.3) is 0 Å². The molecule has 6 nitrogen and oxygen atoms in total. The number of pyridine rings is 1. The maximum absolute atomic E-state index is 13.5. The minimum Gasteiger partial charge on any atom is -0.481 e. The fraction of sp³-hybridized carbons (Fsp3) is 0.154. The molecule has 0 amide bonds. The summed E-state index contributed by atoms with van der Waals surface area (Å²) < 4.78 is 18.4. The minimum absolute atomic E-state index is 0.0394. The third-order valence-electron chi connectivity index (χ3n) is 2.66. The van der Waals surface area contributed by atoms with Crippen LogP contribution in [-0.4, -0.2) is 17.0 Å². The lowest BCUT2D eigenvalue weighted by Gasteiger charge is -2.08. The number of nitrogens with zero attached hydrogens (tertiary/aromatic N) is 2. The molecule has 0 aliphatic carbocycles. The van der Waals surface area contributed by atoms with Gasteiger partial charge in [-0.2, -0.15) is 4.98 Å². The predicted molar refractivity (Wildman–Crippen MR) is 71.2 cm³/mol. The fourth-order valence-corrected chi connectivity index (χ4v) is 1.65. The van der Waals surface area contributed by atoms with E-state index in [1.165, 1.54) is 25.3 Å². The van der Waals surface area contributed by atoms with Crippen LogP contribution in [-0.2, 0) is 6.54 Å². The lowest BCUT2D eigenvalue weighted by Crippen LogP contribution is -2.06. The third kappa shape index (κ3) is 3.00. The quantitative estimate of drug-likeness (QED) is 0.671. The van der Waals surface area contributed by atoms with Crippen LogP contribution in [0.1, 0.15) is 5.56 Å². The van der Waals surface area contributed by atoms with Gasteiger partial charge in [0.1, 0.15) is 5.82 Å². The van der Waals surface area contributed by atoms with Gasteiger partial charge in [0.15, 0.2) is 0 Å². The molecule has 1 heterocycles. The summed E-state index contributed by atoms with van der Waals surface area (Å²) in [5.74, 6) is -0.102. The zero-order chi connectivity index (χ0) is 14.5. The Hall–Kier alpha value is -2.70. The van der Waals surface area contributed by atoms with E-state index >= 15 is 0 Å². The van der Waals surface area contributed by atoms with Crippen LogP contribution in [0.5, 0.6) is 5.88 Å².